The second kappa shape index (κ2) is 9.05. The summed E-state index contributed by atoms with van der Waals surface area (Å²) in [7, 11) is 1.20. The number of hydrogen-bond acceptors (Lipinski definition) is 6. The summed E-state index contributed by atoms with van der Waals surface area (Å²) in [6.45, 7) is 6.56. The summed E-state index contributed by atoms with van der Waals surface area (Å²) in [5, 5.41) is 2.50. The van der Waals surface area contributed by atoms with Crippen LogP contribution >= 0.6 is 0 Å². The van der Waals surface area contributed by atoms with Gasteiger partial charge in [0.1, 0.15) is 11.6 Å². The Morgan fingerprint density at radius 3 is 2.20 bits per heavy atom. The van der Waals surface area contributed by atoms with Crippen LogP contribution < -0.4 is 5.32 Å². The van der Waals surface area contributed by atoms with Crippen molar-refractivity contribution in [3.8, 4) is 0 Å². The summed E-state index contributed by atoms with van der Waals surface area (Å²) in [6, 6.07) is 8.13. The van der Waals surface area contributed by atoms with Gasteiger partial charge in [-0.15, -0.1) is 0 Å². The largest absolute Gasteiger partial charge is 0.466 e. The summed E-state index contributed by atoms with van der Waals surface area (Å²) in [6.07, 6.45) is -1.61. The molecule has 0 saturated heterocycles. The van der Waals surface area contributed by atoms with E-state index in [1.54, 1.807) is 20.8 Å². The molecule has 138 valence electrons. The Morgan fingerprint density at radius 1 is 1.08 bits per heavy atom. The number of carbonyl (C=O) groups is 3. The van der Waals surface area contributed by atoms with Crippen molar-refractivity contribution in [3.63, 3.8) is 0 Å². The Bertz CT molecular complexity index is 593. The van der Waals surface area contributed by atoms with Gasteiger partial charge in [-0.2, -0.15) is 0 Å². The fourth-order valence-corrected chi connectivity index (χ4v) is 1.96. The Hall–Kier alpha value is -2.57. The number of methoxy groups -OCH3 is 1. The standard InChI is InChI=1S/C18H25NO6/c1-12(15(20)23-5)24-16(21)14(11-13-9-7-6-8-10-13)19-17(22)25-18(2,3)4/h6-10,12,14H,11H2,1-5H3,(H,19,22). The molecule has 7 heteroatoms. The number of benzene rings is 1. The van der Waals surface area contributed by atoms with E-state index in [1.165, 1.54) is 14.0 Å². The summed E-state index contributed by atoms with van der Waals surface area (Å²) in [4.78, 5) is 35.8. The average molecular weight is 351 g/mol. The molecule has 1 N–H and O–H groups in total. The third-order valence-electron chi connectivity index (χ3n) is 3.08. The zero-order chi connectivity index (χ0) is 19.0. The predicted molar refractivity (Wildman–Crippen MR) is 90.9 cm³/mol. The smallest absolute Gasteiger partial charge is 0.408 e. The molecule has 0 heterocycles. The average Bonchev–Trinajstić information content (AvgIpc) is 2.52. The molecule has 0 spiro atoms. The molecule has 1 aromatic carbocycles. The first-order valence-corrected chi connectivity index (χ1v) is 7.94. The maximum absolute atomic E-state index is 12.4. The second-order valence-corrected chi connectivity index (χ2v) is 6.49. The highest BCUT2D eigenvalue weighted by molar-refractivity contribution is 5.84. The van der Waals surface area contributed by atoms with Gasteiger partial charge < -0.3 is 19.5 Å². The highest BCUT2D eigenvalue weighted by Gasteiger charge is 2.28. The van der Waals surface area contributed by atoms with E-state index in [2.05, 4.69) is 10.1 Å². The minimum absolute atomic E-state index is 0.201. The first-order valence-electron chi connectivity index (χ1n) is 7.94. The van der Waals surface area contributed by atoms with Gasteiger partial charge in [0.05, 0.1) is 7.11 Å². The second-order valence-electron chi connectivity index (χ2n) is 6.49. The van der Waals surface area contributed by atoms with Gasteiger partial charge >= 0.3 is 18.0 Å². The molecule has 2 atom stereocenters. The molecule has 7 nitrogen and oxygen atoms in total. The molecule has 2 unspecified atom stereocenters. The van der Waals surface area contributed by atoms with Crippen molar-refractivity contribution >= 4 is 18.0 Å². The van der Waals surface area contributed by atoms with Gasteiger partial charge in [0.25, 0.3) is 0 Å². The maximum atomic E-state index is 12.4. The molecule has 1 amide bonds. The molecule has 0 aromatic heterocycles. The first kappa shape index (κ1) is 20.5. The Balaban J connectivity index is 2.84. The van der Waals surface area contributed by atoms with Crippen molar-refractivity contribution in [1.29, 1.82) is 0 Å². The molecule has 0 aliphatic heterocycles. The Labute approximate surface area is 147 Å². The van der Waals surface area contributed by atoms with Crippen molar-refractivity contribution in [1.82, 2.24) is 5.32 Å². The number of nitrogens with one attached hydrogen (secondary N) is 1. The van der Waals surface area contributed by atoms with Crippen molar-refractivity contribution < 1.29 is 28.6 Å². The number of esters is 2. The topological polar surface area (TPSA) is 90.9 Å². The Kier molecular flexibility index (Phi) is 7.42. The van der Waals surface area contributed by atoms with Crippen LogP contribution in [0.4, 0.5) is 4.79 Å². The molecular weight excluding hydrogens is 326 g/mol. The molecule has 1 aromatic rings. The lowest BCUT2D eigenvalue weighted by molar-refractivity contribution is -0.166. The normalized spacial score (nSPS) is 13.3. The van der Waals surface area contributed by atoms with Crippen LogP contribution in [0.5, 0.6) is 0 Å². The van der Waals surface area contributed by atoms with Crippen molar-refractivity contribution in [2.45, 2.75) is 51.9 Å². The van der Waals surface area contributed by atoms with Gasteiger partial charge in [-0.3, -0.25) is 0 Å². The summed E-state index contributed by atoms with van der Waals surface area (Å²) < 4.78 is 14.8. The van der Waals surface area contributed by atoms with E-state index in [4.69, 9.17) is 9.47 Å². The summed E-state index contributed by atoms with van der Waals surface area (Å²) >= 11 is 0. The molecule has 0 saturated carbocycles. The lowest BCUT2D eigenvalue weighted by atomic mass is 10.1. The van der Waals surface area contributed by atoms with E-state index in [9.17, 15) is 14.4 Å². The SMILES string of the molecule is COC(=O)C(C)OC(=O)C(Cc1ccccc1)NC(=O)OC(C)(C)C. The molecule has 0 fully saturated rings. The number of amides is 1. The summed E-state index contributed by atoms with van der Waals surface area (Å²) in [5.74, 6) is -1.42. The van der Waals surface area contributed by atoms with Crippen LogP contribution in [0.25, 0.3) is 0 Å². The molecule has 0 radical (unpaired) electrons. The van der Waals surface area contributed by atoms with Gasteiger partial charge in [-0.25, -0.2) is 14.4 Å². The van der Waals surface area contributed by atoms with E-state index in [0.29, 0.717) is 0 Å². The summed E-state index contributed by atoms with van der Waals surface area (Å²) in [5.41, 5.74) is 0.121. The van der Waals surface area contributed by atoms with Gasteiger partial charge in [0.2, 0.25) is 0 Å². The van der Waals surface area contributed by atoms with Gasteiger partial charge in [0, 0.05) is 6.42 Å². The van der Waals surface area contributed by atoms with E-state index in [1.807, 2.05) is 30.3 Å². The number of rotatable bonds is 6. The number of hydrogen-bond donors (Lipinski definition) is 1. The minimum Gasteiger partial charge on any atom is -0.466 e. The van der Waals surface area contributed by atoms with Gasteiger partial charge in [-0.1, -0.05) is 30.3 Å². The van der Waals surface area contributed by atoms with E-state index >= 15 is 0 Å². The molecule has 0 aliphatic rings. The highest BCUT2D eigenvalue weighted by atomic mass is 16.6. The minimum atomic E-state index is -1.07. The Morgan fingerprint density at radius 2 is 1.68 bits per heavy atom. The molecular formula is C18H25NO6. The van der Waals surface area contributed by atoms with E-state index < -0.39 is 35.8 Å². The fourth-order valence-electron chi connectivity index (χ4n) is 1.96. The third kappa shape index (κ3) is 7.69. The van der Waals surface area contributed by atoms with E-state index in [0.717, 1.165) is 5.56 Å². The van der Waals surface area contributed by atoms with Crippen molar-refractivity contribution in [2.75, 3.05) is 7.11 Å². The molecule has 0 bridgehead atoms. The lowest BCUT2D eigenvalue weighted by Gasteiger charge is -2.23. The monoisotopic (exact) mass is 351 g/mol. The zero-order valence-corrected chi connectivity index (χ0v) is 15.2. The number of ether oxygens (including phenoxy) is 3. The van der Waals surface area contributed by atoms with Crippen LogP contribution in [-0.2, 0) is 30.2 Å². The number of alkyl carbamates (subject to hydrolysis) is 1. The van der Waals surface area contributed by atoms with Gasteiger partial charge in [0.15, 0.2) is 6.10 Å². The first-order chi connectivity index (χ1) is 11.6. The van der Waals surface area contributed by atoms with Crippen LogP contribution in [-0.4, -0.2) is 42.9 Å². The van der Waals surface area contributed by atoms with Gasteiger partial charge in [-0.05, 0) is 33.3 Å². The van der Waals surface area contributed by atoms with Crippen molar-refractivity contribution in [2.24, 2.45) is 0 Å². The van der Waals surface area contributed by atoms with E-state index in [-0.39, 0.29) is 6.42 Å². The van der Waals surface area contributed by atoms with Crippen LogP contribution in [0.2, 0.25) is 0 Å². The fraction of sp³-hybridized carbons (Fsp3) is 0.500. The van der Waals surface area contributed by atoms with Crippen LogP contribution in [0.1, 0.15) is 33.3 Å². The lowest BCUT2D eigenvalue weighted by Crippen LogP contribution is -2.46. The molecule has 25 heavy (non-hydrogen) atoms. The highest BCUT2D eigenvalue weighted by Crippen LogP contribution is 2.10. The van der Waals surface area contributed by atoms with Crippen molar-refractivity contribution in [3.05, 3.63) is 35.9 Å². The molecule has 0 aliphatic carbocycles. The van der Waals surface area contributed by atoms with Crippen LogP contribution in [0.3, 0.4) is 0 Å². The molecule has 1 rings (SSSR count). The number of carbonyl (C=O) groups excluding carboxylic acids is 3. The zero-order valence-electron chi connectivity index (χ0n) is 15.2. The van der Waals surface area contributed by atoms with Crippen LogP contribution in [0, 0.1) is 0 Å². The maximum Gasteiger partial charge on any atom is 0.408 e. The van der Waals surface area contributed by atoms with Crippen LogP contribution in [0.15, 0.2) is 30.3 Å². The predicted octanol–water partition coefficient (Wildman–Crippen LogP) is 2.23. The quantitative estimate of drug-likeness (QED) is 0.624. The third-order valence-corrected chi connectivity index (χ3v) is 3.08.